The molecular formula is C8H11NO. The van der Waals surface area contributed by atoms with Crippen LogP contribution in [0.1, 0.15) is 24.2 Å². The summed E-state index contributed by atoms with van der Waals surface area (Å²) >= 11 is 0. The highest BCUT2D eigenvalue weighted by Gasteiger charge is 2.01. The second-order valence-corrected chi connectivity index (χ2v) is 2.41. The fraction of sp³-hybridized carbons (Fsp3) is 0.375. The number of aromatic nitrogens is 1. The van der Waals surface area contributed by atoms with Gasteiger partial charge in [0.1, 0.15) is 0 Å². The zero-order valence-corrected chi connectivity index (χ0v) is 6.20. The van der Waals surface area contributed by atoms with Gasteiger partial charge in [0.15, 0.2) is 0 Å². The van der Waals surface area contributed by atoms with Gasteiger partial charge in [-0.1, -0.05) is 0 Å². The van der Waals surface area contributed by atoms with Crippen LogP contribution in [-0.2, 0) is 0 Å². The van der Waals surface area contributed by atoms with E-state index in [4.69, 9.17) is 0 Å². The van der Waals surface area contributed by atoms with Crippen molar-refractivity contribution in [1.29, 1.82) is 0 Å². The molecule has 1 aromatic heterocycles. The molecule has 0 spiro atoms. The lowest BCUT2D eigenvalue weighted by atomic mass is 10.1. The van der Waals surface area contributed by atoms with Gasteiger partial charge in [0.25, 0.3) is 0 Å². The van der Waals surface area contributed by atoms with Crippen LogP contribution in [-0.4, -0.2) is 10.1 Å². The first-order valence-electron chi connectivity index (χ1n) is 3.30. The third-order valence-electron chi connectivity index (χ3n) is 1.51. The van der Waals surface area contributed by atoms with Crippen molar-refractivity contribution in [3.63, 3.8) is 0 Å². The van der Waals surface area contributed by atoms with Crippen LogP contribution in [0.25, 0.3) is 0 Å². The van der Waals surface area contributed by atoms with E-state index in [1.807, 2.05) is 13.0 Å². The Kier molecular flexibility index (Phi) is 2.02. The molecule has 0 aromatic carbocycles. The van der Waals surface area contributed by atoms with E-state index >= 15 is 0 Å². The maximum Gasteiger partial charge on any atom is 0.0765 e. The van der Waals surface area contributed by atoms with Crippen LogP contribution in [0.2, 0.25) is 0 Å². The Hall–Kier alpha value is -0.890. The summed E-state index contributed by atoms with van der Waals surface area (Å²) < 4.78 is 0. The third-order valence-corrected chi connectivity index (χ3v) is 1.51. The predicted octanol–water partition coefficient (Wildman–Crippen LogP) is 1.44. The standard InChI is InChI=1S/C8H11NO/c1-6-5-9-4-3-8(6)7(2)10/h3-5,7,10H,1-2H3/t7-/m0/s1. The number of aliphatic hydroxyl groups excluding tert-OH is 1. The molecule has 0 aliphatic heterocycles. The quantitative estimate of drug-likeness (QED) is 0.635. The summed E-state index contributed by atoms with van der Waals surface area (Å²) in [4.78, 5) is 3.92. The number of aryl methyl sites for hydroxylation is 1. The molecule has 0 bridgehead atoms. The molecule has 0 amide bonds. The third kappa shape index (κ3) is 1.33. The molecule has 10 heavy (non-hydrogen) atoms. The Labute approximate surface area is 60.5 Å². The minimum Gasteiger partial charge on any atom is -0.389 e. The summed E-state index contributed by atoms with van der Waals surface area (Å²) in [6, 6.07) is 1.83. The SMILES string of the molecule is Cc1cnccc1[C@H](C)O. The molecule has 1 heterocycles. The Morgan fingerprint density at radius 3 is 2.70 bits per heavy atom. The Morgan fingerprint density at radius 2 is 2.30 bits per heavy atom. The van der Waals surface area contributed by atoms with E-state index in [-0.39, 0.29) is 6.10 Å². The number of hydrogen-bond donors (Lipinski definition) is 1. The average Bonchev–Trinajstić information content (AvgIpc) is 1.88. The topological polar surface area (TPSA) is 33.1 Å². The van der Waals surface area contributed by atoms with Gasteiger partial charge in [-0.3, -0.25) is 4.98 Å². The zero-order valence-electron chi connectivity index (χ0n) is 6.20. The molecule has 0 saturated heterocycles. The number of pyridine rings is 1. The lowest BCUT2D eigenvalue weighted by Crippen LogP contribution is -1.94. The van der Waals surface area contributed by atoms with E-state index in [1.165, 1.54) is 0 Å². The van der Waals surface area contributed by atoms with Crippen LogP contribution in [0.5, 0.6) is 0 Å². The Balaban J connectivity index is 3.03. The first-order chi connectivity index (χ1) is 4.72. The van der Waals surface area contributed by atoms with Crippen molar-refractivity contribution < 1.29 is 5.11 Å². The van der Waals surface area contributed by atoms with Gasteiger partial charge in [0.05, 0.1) is 6.10 Å². The summed E-state index contributed by atoms with van der Waals surface area (Å²) in [6.45, 7) is 3.69. The van der Waals surface area contributed by atoms with E-state index in [0.29, 0.717) is 0 Å². The highest BCUT2D eigenvalue weighted by Crippen LogP contribution is 2.14. The average molecular weight is 137 g/mol. The Bertz CT molecular complexity index is 220. The molecule has 0 fully saturated rings. The van der Waals surface area contributed by atoms with E-state index in [0.717, 1.165) is 11.1 Å². The second-order valence-electron chi connectivity index (χ2n) is 2.41. The molecule has 1 atom stereocenters. The minimum absolute atomic E-state index is 0.386. The fourth-order valence-corrected chi connectivity index (χ4v) is 0.953. The van der Waals surface area contributed by atoms with Gasteiger partial charge in [0.2, 0.25) is 0 Å². The number of aliphatic hydroxyl groups is 1. The van der Waals surface area contributed by atoms with Crippen molar-refractivity contribution in [2.24, 2.45) is 0 Å². The molecule has 0 unspecified atom stereocenters. The van der Waals surface area contributed by atoms with Gasteiger partial charge in [-0.2, -0.15) is 0 Å². The molecule has 0 aliphatic rings. The normalized spacial score (nSPS) is 13.1. The highest BCUT2D eigenvalue weighted by atomic mass is 16.3. The van der Waals surface area contributed by atoms with Gasteiger partial charge in [-0.05, 0) is 31.0 Å². The molecule has 1 N–H and O–H groups in total. The first kappa shape index (κ1) is 7.22. The van der Waals surface area contributed by atoms with Crippen molar-refractivity contribution in [2.75, 3.05) is 0 Å². The van der Waals surface area contributed by atoms with Crippen molar-refractivity contribution in [3.8, 4) is 0 Å². The van der Waals surface area contributed by atoms with Crippen LogP contribution < -0.4 is 0 Å². The van der Waals surface area contributed by atoms with E-state index in [1.54, 1.807) is 19.3 Å². The molecule has 0 saturated carbocycles. The van der Waals surface area contributed by atoms with Crippen LogP contribution in [0, 0.1) is 6.92 Å². The minimum atomic E-state index is -0.386. The molecular weight excluding hydrogens is 126 g/mol. The summed E-state index contributed by atoms with van der Waals surface area (Å²) in [6.07, 6.45) is 3.06. The highest BCUT2D eigenvalue weighted by molar-refractivity contribution is 5.23. The van der Waals surface area contributed by atoms with Gasteiger partial charge >= 0.3 is 0 Å². The predicted molar refractivity (Wildman–Crippen MR) is 39.6 cm³/mol. The molecule has 1 aromatic rings. The van der Waals surface area contributed by atoms with Crippen LogP contribution in [0.4, 0.5) is 0 Å². The van der Waals surface area contributed by atoms with Crippen LogP contribution in [0.15, 0.2) is 18.5 Å². The lowest BCUT2D eigenvalue weighted by molar-refractivity contribution is 0.198. The van der Waals surface area contributed by atoms with Crippen LogP contribution in [0.3, 0.4) is 0 Å². The first-order valence-corrected chi connectivity index (χ1v) is 3.30. The Morgan fingerprint density at radius 1 is 1.60 bits per heavy atom. The summed E-state index contributed by atoms with van der Waals surface area (Å²) in [7, 11) is 0. The number of hydrogen-bond acceptors (Lipinski definition) is 2. The maximum atomic E-state index is 9.18. The zero-order chi connectivity index (χ0) is 7.56. The molecule has 2 nitrogen and oxygen atoms in total. The largest absolute Gasteiger partial charge is 0.389 e. The van der Waals surface area contributed by atoms with Crippen molar-refractivity contribution in [1.82, 2.24) is 4.98 Å². The smallest absolute Gasteiger partial charge is 0.0765 e. The van der Waals surface area contributed by atoms with Crippen molar-refractivity contribution in [3.05, 3.63) is 29.6 Å². The monoisotopic (exact) mass is 137 g/mol. The van der Waals surface area contributed by atoms with E-state index in [9.17, 15) is 5.11 Å². The van der Waals surface area contributed by atoms with Gasteiger partial charge in [0, 0.05) is 12.4 Å². The lowest BCUT2D eigenvalue weighted by Gasteiger charge is -2.05. The van der Waals surface area contributed by atoms with Crippen LogP contribution >= 0.6 is 0 Å². The molecule has 0 aliphatic carbocycles. The van der Waals surface area contributed by atoms with Crippen molar-refractivity contribution in [2.45, 2.75) is 20.0 Å². The summed E-state index contributed by atoms with van der Waals surface area (Å²) in [5.74, 6) is 0. The van der Waals surface area contributed by atoms with Gasteiger partial charge < -0.3 is 5.11 Å². The maximum absolute atomic E-state index is 9.18. The number of rotatable bonds is 1. The van der Waals surface area contributed by atoms with Gasteiger partial charge in [-0.15, -0.1) is 0 Å². The van der Waals surface area contributed by atoms with E-state index in [2.05, 4.69) is 4.98 Å². The molecule has 54 valence electrons. The fourth-order valence-electron chi connectivity index (χ4n) is 0.953. The summed E-state index contributed by atoms with van der Waals surface area (Å²) in [5.41, 5.74) is 1.99. The molecule has 2 heteroatoms. The number of nitrogens with zero attached hydrogens (tertiary/aromatic N) is 1. The molecule has 0 radical (unpaired) electrons. The van der Waals surface area contributed by atoms with E-state index < -0.39 is 0 Å². The summed E-state index contributed by atoms with van der Waals surface area (Å²) in [5, 5.41) is 9.18. The van der Waals surface area contributed by atoms with Crippen molar-refractivity contribution >= 4 is 0 Å². The molecule has 1 rings (SSSR count). The van der Waals surface area contributed by atoms with Gasteiger partial charge in [-0.25, -0.2) is 0 Å². The second kappa shape index (κ2) is 2.80.